The molecule has 0 aliphatic rings. The molecule has 1 aromatic rings. The summed E-state index contributed by atoms with van der Waals surface area (Å²) in [5, 5.41) is 0. The van der Waals surface area contributed by atoms with Gasteiger partial charge in [-0.25, -0.2) is 4.79 Å². The molecule has 0 spiro atoms. The average molecular weight is 281 g/mol. The molecule has 0 aliphatic carbocycles. The van der Waals surface area contributed by atoms with E-state index in [0.717, 1.165) is 0 Å². The molecule has 0 aromatic heterocycles. The van der Waals surface area contributed by atoms with E-state index in [1.54, 1.807) is 6.07 Å². The zero-order chi connectivity index (χ0) is 12.2. The van der Waals surface area contributed by atoms with Crippen molar-refractivity contribution in [1.29, 1.82) is 0 Å². The molecule has 0 radical (unpaired) electrons. The maximum atomic E-state index is 11.5. The zero-order valence-corrected chi connectivity index (χ0v) is 10.4. The van der Waals surface area contributed by atoms with Gasteiger partial charge in [0.1, 0.15) is 10.9 Å². The molecule has 0 aliphatic heterocycles. The summed E-state index contributed by atoms with van der Waals surface area (Å²) in [7, 11) is -4.10. The number of halogens is 1. The molecule has 0 saturated carbocycles. The van der Waals surface area contributed by atoms with Crippen LogP contribution in [-0.4, -0.2) is 27.0 Å². The summed E-state index contributed by atoms with van der Waals surface area (Å²) in [5.74, 6) is -1.06. The maximum Gasteiger partial charge on any atom is 0.341 e. The fraction of sp³-hybridized carbons (Fsp3) is 0.222. The van der Waals surface area contributed by atoms with Crippen LogP contribution in [0, 0.1) is 0 Å². The van der Waals surface area contributed by atoms with Gasteiger partial charge in [-0.3, -0.25) is 0 Å². The van der Waals surface area contributed by atoms with Crippen LogP contribution in [0.15, 0.2) is 35.2 Å². The van der Waals surface area contributed by atoms with E-state index in [2.05, 4.69) is 4.18 Å². The van der Waals surface area contributed by atoms with E-state index < -0.39 is 22.1 Å². The van der Waals surface area contributed by atoms with Crippen LogP contribution in [0.3, 0.4) is 0 Å². The smallest absolute Gasteiger partial charge is 0.340 e. The normalized spacial score (nSPS) is 12.4. The minimum Gasteiger partial charge on any atom is -0.340 e. The molecule has 0 amide bonds. The predicted molar refractivity (Wildman–Crippen MR) is 64.0 cm³/mol. The van der Waals surface area contributed by atoms with E-state index in [1.165, 1.54) is 24.3 Å². The third-order valence-corrected chi connectivity index (χ3v) is 3.01. The van der Waals surface area contributed by atoms with E-state index >= 15 is 0 Å². The lowest BCUT2D eigenvalue weighted by Crippen LogP contribution is -2.40. The largest absolute Gasteiger partial charge is 0.341 e. The van der Waals surface area contributed by atoms with Crippen molar-refractivity contribution in [3.05, 3.63) is 30.3 Å². The number of carbonyl (C=O) groups excluding carboxylic acids is 1. The SMILES string of the molecule is Cl.NCC(N)C(=O)OS(=O)(=O)c1ccccc1. The lowest BCUT2D eigenvalue weighted by Gasteiger charge is -2.08. The summed E-state index contributed by atoms with van der Waals surface area (Å²) in [6.07, 6.45) is 0. The van der Waals surface area contributed by atoms with Gasteiger partial charge in [0.05, 0.1) is 0 Å². The zero-order valence-electron chi connectivity index (χ0n) is 8.78. The van der Waals surface area contributed by atoms with Crippen LogP contribution in [-0.2, 0) is 19.1 Å². The molecule has 1 atom stereocenters. The van der Waals surface area contributed by atoms with Gasteiger partial charge < -0.3 is 15.7 Å². The second kappa shape index (κ2) is 6.55. The third kappa shape index (κ3) is 4.31. The molecule has 8 heteroatoms. The molecule has 4 N–H and O–H groups in total. The van der Waals surface area contributed by atoms with Gasteiger partial charge in [0.25, 0.3) is 0 Å². The standard InChI is InChI=1S/C9H12N2O4S.ClH/c10-6-8(11)9(12)15-16(13,14)7-4-2-1-3-5-7;/h1-5,8H,6,10-11H2;1H. The maximum absolute atomic E-state index is 11.5. The monoisotopic (exact) mass is 280 g/mol. The Hall–Kier alpha value is -1.15. The molecule has 0 fully saturated rings. The highest BCUT2D eigenvalue weighted by atomic mass is 35.5. The quantitative estimate of drug-likeness (QED) is 0.728. The van der Waals surface area contributed by atoms with E-state index in [1.807, 2.05) is 0 Å². The van der Waals surface area contributed by atoms with E-state index in [-0.39, 0.29) is 23.8 Å². The van der Waals surface area contributed by atoms with Gasteiger partial charge >= 0.3 is 16.1 Å². The Labute approximate surface area is 105 Å². The second-order valence-corrected chi connectivity index (χ2v) is 4.56. The Morgan fingerprint density at radius 3 is 2.29 bits per heavy atom. The summed E-state index contributed by atoms with van der Waals surface area (Å²) in [4.78, 5) is 11.1. The first-order chi connectivity index (χ1) is 7.47. The van der Waals surface area contributed by atoms with Gasteiger partial charge in [0, 0.05) is 6.54 Å². The van der Waals surface area contributed by atoms with Crippen LogP contribution in [0.4, 0.5) is 0 Å². The van der Waals surface area contributed by atoms with Crippen molar-refractivity contribution >= 4 is 28.5 Å². The van der Waals surface area contributed by atoms with Crippen LogP contribution in [0.25, 0.3) is 0 Å². The number of hydrogen-bond donors (Lipinski definition) is 2. The van der Waals surface area contributed by atoms with Crippen LogP contribution in [0.5, 0.6) is 0 Å². The van der Waals surface area contributed by atoms with Crippen molar-refractivity contribution in [2.24, 2.45) is 11.5 Å². The molecule has 0 saturated heterocycles. The van der Waals surface area contributed by atoms with Gasteiger partial charge in [0.2, 0.25) is 0 Å². The van der Waals surface area contributed by atoms with Crippen molar-refractivity contribution in [2.75, 3.05) is 6.54 Å². The average Bonchev–Trinajstić information content (AvgIpc) is 2.28. The molecule has 1 rings (SSSR count). The van der Waals surface area contributed by atoms with Crippen molar-refractivity contribution < 1.29 is 17.4 Å². The summed E-state index contributed by atoms with van der Waals surface area (Å²) in [6, 6.07) is 6.17. The van der Waals surface area contributed by atoms with E-state index in [9.17, 15) is 13.2 Å². The topological polar surface area (TPSA) is 112 Å². The van der Waals surface area contributed by atoms with E-state index in [0.29, 0.717) is 0 Å². The highest BCUT2D eigenvalue weighted by Gasteiger charge is 2.23. The van der Waals surface area contributed by atoms with Crippen molar-refractivity contribution in [3.8, 4) is 0 Å². The van der Waals surface area contributed by atoms with Gasteiger partial charge in [-0.05, 0) is 12.1 Å². The number of nitrogens with two attached hydrogens (primary N) is 2. The highest BCUT2D eigenvalue weighted by molar-refractivity contribution is 7.87. The molecule has 0 heterocycles. The molecular weight excluding hydrogens is 268 g/mol. The number of rotatable bonds is 4. The van der Waals surface area contributed by atoms with Gasteiger partial charge in [-0.2, -0.15) is 8.42 Å². The Balaban J connectivity index is 0.00000256. The molecule has 96 valence electrons. The lowest BCUT2D eigenvalue weighted by atomic mass is 10.3. The number of carbonyl (C=O) groups is 1. The Bertz CT molecular complexity index is 463. The molecule has 0 bridgehead atoms. The van der Waals surface area contributed by atoms with Crippen molar-refractivity contribution in [2.45, 2.75) is 10.9 Å². The molecule has 1 aromatic carbocycles. The van der Waals surface area contributed by atoms with Gasteiger partial charge in [-0.15, -0.1) is 12.4 Å². The number of benzene rings is 1. The molecule has 6 nitrogen and oxygen atoms in total. The van der Waals surface area contributed by atoms with Crippen LogP contribution < -0.4 is 11.5 Å². The van der Waals surface area contributed by atoms with E-state index in [4.69, 9.17) is 11.5 Å². The van der Waals surface area contributed by atoms with Gasteiger partial charge in [0.15, 0.2) is 0 Å². The van der Waals surface area contributed by atoms with Crippen molar-refractivity contribution in [3.63, 3.8) is 0 Å². The molecular formula is C9H13ClN2O4S. The lowest BCUT2D eigenvalue weighted by molar-refractivity contribution is -0.135. The Kier molecular flexibility index (Phi) is 6.11. The van der Waals surface area contributed by atoms with Gasteiger partial charge in [-0.1, -0.05) is 18.2 Å². The van der Waals surface area contributed by atoms with Crippen LogP contribution in [0.2, 0.25) is 0 Å². The fourth-order valence-corrected chi connectivity index (χ4v) is 1.83. The minimum atomic E-state index is -4.10. The Morgan fingerprint density at radius 2 is 1.82 bits per heavy atom. The summed E-state index contributed by atoms with van der Waals surface area (Å²) in [5.41, 5.74) is 10.3. The Morgan fingerprint density at radius 1 is 1.29 bits per heavy atom. The minimum absolute atomic E-state index is 0. The fourth-order valence-electron chi connectivity index (χ4n) is 0.901. The summed E-state index contributed by atoms with van der Waals surface area (Å²) in [6.45, 7) is -0.177. The van der Waals surface area contributed by atoms with Crippen LogP contribution >= 0.6 is 12.4 Å². The highest BCUT2D eigenvalue weighted by Crippen LogP contribution is 2.11. The summed E-state index contributed by atoms with van der Waals surface area (Å²) >= 11 is 0. The number of hydrogen-bond acceptors (Lipinski definition) is 6. The first-order valence-electron chi connectivity index (χ1n) is 4.46. The predicted octanol–water partition coefficient (Wildman–Crippen LogP) is -0.374. The second-order valence-electron chi connectivity index (χ2n) is 3.01. The summed E-state index contributed by atoms with van der Waals surface area (Å²) < 4.78 is 27.4. The molecule has 17 heavy (non-hydrogen) atoms. The van der Waals surface area contributed by atoms with Crippen molar-refractivity contribution in [1.82, 2.24) is 0 Å². The third-order valence-electron chi connectivity index (χ3n) is 1.78. The van der Waals surface area contributed by atoms with Crippen LogP contribution in [0.1, 0.15) is 0 Å². The first kappa shape index (κ1) is 15.9. The first-order valence-corrected chi connectivity index (χ1v) is 5.87. The molecule has 1 unspecified atom stereocenters.